The lowest BCUT2D eigenvalue weighted by molar-refractivity contribution is -0.120. The van der Waals surface area contributed by atoms with Crippen molar-refractivity contribution in [2.24, 2.45) is 0 Å². The van der Waals surface area contributed by atoms with Gasteiger partial charge in [-0.1, -0.05) is 11.6 Å². The van der Waals surface area contributed by atoms with E-state index in [-0.39, 0.29) is 11.4 Å². The largest absolute Gasteiger partial charge is 0.325 e. The molecule has 6 nitrogen and oxygen atoms in total. The number of nitrogens with one attached hydrogen (secondary N) is 2. The Hall–Kier alpha value is -1.04. The minimum atomic E-state index is -3.84. The molecule has 1 saturated heterocycles. The fourth-order valence-corrected chi connectivity index (χ4v) is 5.91. The van der Waals surface area contributed by atoms with E-state index in [0.717, 1.165) is 24.6 Å². The highest BCUT2D eigenvalue weighted by Crippen LogP contribution is 2.36. The lowest BCUT2D eigenvalue weighted by Crippen LogP contribution is -2.55. The first-order valence-corrected chi connectivity index (χ1v) is 11.3. The van der Waals surface area contributed by atoms with Crippen molar-refractivity contribution in [3.8, 4) is 0 Å². The molecular formula is C16H16BrClFN3O3S2. The molecule has 1 aromatic heterocycles. The van der Waals surface area contributed by atoms with Gasteiger partial charge in [0.15, 0.2) is 0 Å². The molecule has 2 heterocycles. The molecule has 2 atom stereocenters. The van der Waals surface area contributed by atoms with Crippen LogP contribution in [0.5, 0.6) is 0 Å². The SMILES string of the molecule is Cc1cc(C2CC(C(=O)Nc3ccc(F)c(Cl)c3)N(C)S(=O)(=O)N2)sc1Br. The number of amides is 1. The van der Waals surface area contributed by atoms with E-state index >= 15 is 0 Å². The van der Waals surface area contributed by atoms with Gasteiger partial charge >= 0.3 is 0 Å². The van der Waals surface area contributed by atoms with E-state index in [1.165, 1.54) is 30.5 Å². The van der Waals surface area contributed by atoms with Crippen LogP contribution in [0.15, 0.2) is 28.1 Å². The number of halogens is 3. The molecule has 1 aromatic carbocycles. The van der Waals surface area contributed by atoms with Crippen LogP contribution in [0.3, 0.4) is 0 Å². The lowest BCUT2D eigenvalue weighted by Gasteiger charge is -2.35. The maximum absolute atomic E-state index is 13.3. The van der Waals surface area contributed by atoms with Crippen LogP contribution in [0.25, 0.3) is 0 Å². The number of rotatable bonds is 3. The van der Waals surface area contributed by atoms with E-state index in [9.17, 15) is 17.6 Å². The van der Waals surface area contributed by atoms with E-state index in [2.05, 4.69) is 26.0 Å². The van der Waals surface area contributed by atoms with Crippen molar-refractivity contribution >= 4 is 60.7 Å². The van der Waals surface area contributed by atoms with Gasteiger partial charge < -0.3 is 5.32 Å². The standard InChI is InChI=1S/C16H16BrClFN3O3S2/c1-8-5-14(26-15(8)17)12-7-13(22(2)27(24,25)21-12)16(23)20-9-3-4-11(19)10(18)6-9/h3-6,12-13,21H,7H2,1-2H3,(H,20,23). The smallest absolute Gasteiger partial charge is 0.280 e. The van der Waals surface area contributed by atoms with Gasteiger partial charge in [-0.15, -0.1) is 11.3 Å². The molecule has 1 aliphatic rings. The fourth-order valence-electron chi connectivity index (χ4n) is 2.75. The monoisotopic (exact) mass is 495 g/mol. The quantitative estimate of drug-likeness (QED) is 0.678. The molecule has 2 N–H and O–H groups in total. The van der Waals surface area contributed by atoms with Crippen molar-refractivity contribution in [1.29, 1.82) is 0 Å². The van der Waals surface area contributed by atoms with Gasteiger partial charge in [0.25, 0.3) is 10.2 Å². The van der Waals surface area contributed by atoms with Crippen molar-refractivity contribution in [3.05, 3.63) is 49.3 Å². The highest BCUT2D eigenvalue weighted by atomic mass is 79.9. The predicted molar refractivity (Wildman–Crippen MR) is 108 cm³/mol. The van der Waals surface area contributed by atoms with Gasteiger partial charge in [0.1, 0.15) is 11.9 Å². The van der Waals surface area contributed by atoms with Gasteiger partial charge in [-0.2, -0.15) is 17.4 Å². The van der Waals surface area contributed by atoms with Crippen LogP contribution in [-0.4, -0.2) is 31.7 Å². The molecule has 1 fully saturated rings. The van der Waals surface area contributed by atoms with Crippen LogP contribution >= 0.6 is 38.9 Å². The normalized spacial score (nSPS) is 22.6. The number of thiophene rings is 1. The number of likely N-dealkylation sites (N-methyl/N-ethyl adjacent to an activating group) is 1. The zero-order chi connectivity index (χ0) is 19.9. The molecule has 2 aromatic rings. The molecule has 3 rings (SSSR count). The Kier molecular flexibility index (Phi) is 5.95. The maximum Gasteiger partial charge on any atom is 0.280 e. The van der Waals surface area contributed by atoms with Gasteiger partial charge in [-0.25, -0.2) is 4.39 Å². The number of benzene rings is 1. The first kappa shape index (κ1) is 20.7. The van der Waals surface area contributed by atoms with Crippen LogP contribution in [0.2, 0.25) is 5.02 Å². The molecule has 146 valence electrons. The summed E-state index contributed by atoms with van der Waals surface area (Å²) in [5.41, 5.74) is 1.29. The Balaban J connectivity index is 1.85. The topological polar surface area (TPSA) is 78.5 Å². The summed E-state index contributed by atoms with van der Waals surface area (Å²) in [5.74, 6) is -1.11. The van der Waals surface area contributed by atoms with E-state index < -0.39 is 34.0 Å². The Morgan fingerprint density at radius 3 is 2.74 bits per heavy atom. The van der Waals surface area contributed by atoms with Crippen LogP contribution in [-0.2, 0) is 15.0 Å². The molecule has 0 bridgehead atoms. The van der Waals surface area contributed by atoms with Crippen LogP contribution < -0.4 is 10.0 Å². The summed E-state index contributed by atoms with van der Waals surface area (Å²) in [4.78, 5) is 13.5. The second-order valence-electron chi connectivity index (χ2n) is 6.17. The molecule has 2 unspecified atom stereocenters. The molecule has 0 saturated carbocycles. The minimum Gasteiger partial charge on any atom is -0.325 e. The van der Waals surface area contributed by atoms with Crippen molar-refractivity contribution in [1.82, 2.24) is 9.03 Å². The number of aryl methyl sites for hydroxylation is 1. The Morgan fingerprint density at radius 1 is 1.44 bits per heavy atom. The molecule has 11 heteroatoms. The average Bonchev–Trinajstić information content (AvgIpc) is 2.92. The minimum absolute atomic E-state index is 0.129. The maximum atomic E-state index is 13.3. The zero-order valence-electron chi connectivity index (χ0n) is 14.3. The summed E-state index contributed by atoms with van der Waals surface area (Å²) >= 11 is 10.6. The van der Waals surface area contributed by atoms with Gasteiger partial charge in [0.05, 0.1) is 14.9 Å². The summed E-state index contributed by atoms with van der Waals surface area (Å²) in [6, 6.07) is 4.23. The zero-order valence-corrected chi connectivity index (χ0v) is 18.3. The number of nitrogens with zero attached hydrogens (tertiary/aromatic N) is 1. The second-order valence-corrected chi connectivity index (χ2v) is 10.7. The number of anilines is 1. The highest BCUT2D eigenvalue weighted by molar-refractivity contribution is 9.11. The van der Waals surface area contributed by atoms with Crippen molar-refractivity contribution in [2.75, 3.05) is 12.4 Å². The summed E-state index contributed by atoms with van der Waals surface area (Å²) in [7, 11) is -2.49. The summed E-state index contributed by atoms with van der Waals surface area (Å²) in [6.45, 7) is 1.91. The first-order chi connectivity index (χ1) is 12.6. The van der Waals surface area contributed by atoms with E-state index in [1.807, 2.05) is 13.0 Å². The number of carbonyl (C=O) groups is 1. The Labute approximate surface area is 174 Å². The fraction of sp³-hybridized carbons (Fsp3) is 0.312. The average molecular weight is 497 g/mol. The van der Waals surface area contributed by atoms with Crippen LogP contribution in [0.1, 0.15) is 22.9 Å². The molecule has 1 amide bonds. The highest BCUT2D eigenvalue weighted by Gasteiger charge is 2.41. The number of hydrogen-bond donors (Lipinski definition) is 2. The van der Waals surface area contributed by atoms with Gasteiger partial charge in [-0.3, -0.25) is 4.79 Å². The summed E-state index contributed by atoms with van der Waals surface area (Å²) in [5, 5.41) is 2.48. The van der Waals surface area contributed by atoms with Gasteiger partial charge in [-0.05, 0) is 59.1 Å². The van der Waals surface area contributed by atoms with E-state index in [0.29, 0.717) is 5.69 Å². The third-order valence-corrected chi connectivity index (χ3v) is 8.41. The lowest BCUT2D eigenvalue weighted by atomic mass is 10.0. The van der Waals surface area contributed by atoms with Crippen molar-refractivity contribution < 1.29 is 17.6 Å². The third-order valence-electron chi connectivity index (χ3n) is 4.28. The molecule has 0 aliphatic carbocycles. The Bertz CT molecular complexity index is 979. The summed E-state index contributed by atoms with van der Waals surface area (Å²) < 4.78 is 42.8. The van der Waals surface area contributed by atoms with Crippen LogP contribution in [0.4, 0.5) is 10.1 Å². The predicted octanol–water partition coefficient (Wildman–Crippen LogP) is 3.83. The van der Waals surface area contributed by atoms with Crippen molar-refractivity contribution in [3.63, 3.8) is 0 Å². The number of hydrogen-bond acceptors (Lipinski definition) is 4. The second kappa shape index (κ2) is 7.76. The molecule has 27 heavy (non-hydrogen) atoms. The van der Waals surface area contributed by atoms with Crippen molar-refractivity contribution in [2.45, 2.75) is 25.4 Å². The summed E-state index contributed by atoms with van der Waals surface area (Å²) in [6.07, 6.45) is 0.253. The molecule has 1 aliphatic heterocycles. The van der Waals surface area contributed by atoms with Crippen LogP contribution in [0, 0.1) is 12.7 Å². The van der Waals surface area contributed by atoms with E-state index in [4.69, 9.17) is 11.6 Å². The Morgan fingerprint density at radius 2 is 2.15 bits per heavy atom. The van der Waals surface area contributed by atoms with Gasteiger partial charge in [0.2, 0.25) is 5.91 Å². The van der Waals surface area contributed by atoms with E-state index in [1.54, 1.807) is 0 Å². The molecule has 0 radical (unpaired) electrons. The number of carbonyl (C=O) groups excluding carboxylic acids is 1. The molecule has 0 spiro atoms. The van der Waals surface area contributed by atoms with Gasteiger partial charge in [0, 0.05) is 17.6 Å². The first-order valence-electron chi connectivity index (χ1n) is 7.85. The molecular weight excluding hydrogens is 481 g/mol. The third kappa shape index (κ3) is 4.36.